The number of aromatic nitrogens is 2. The first-order valence-corrected chi connectivity index (χ1v) is 6.87. The molecule has 0 amide bonds. The zero-order valence-electron chi connectivity index (χ0n) is 11.6. The monoisotopic (exact) mass is 314 g/mol. The van der Waals surface area contributed by atoms with Crippen LogP contribution in [0.1, 0.15) is 35.1 Å². The van der Waals surface area contributed by atoms with Gasteiger partial charge in [-0.25, -0.2) is 9.97 Å². The number of rotatable bonds is 3. The highest BCUT2D eigenvalue weighted by Crippen LogP contribution is 2.30. The van der Waals surface area contributed by atoms with Crippen LogP contribution in [0.5, 0.6) is 0 Å². The molecule has 0 aliphatic rings. The lowest BCUT2D eigenvalue weighted by atomic mass is 10.1. The number of halogens is 4. The van der Waals surface area contributed by atoms with E-state index in [1.54, 1.807) is 6.07 Å². The van der Waals surface area contributed by atoms with Crippen molar-refractivity contribution in [2.45, 2.75) is 32.9 Å². The van der Waals surface area contributed by atoms with Gasteiger partial charge in [0.2, 0.25) is 0 Å². The van der Waals surface area contributed by atoms with Crippen molar-refractivity contribution in [3.63, 3.8) is 0 Å². The normalized spacial score (nSPS) is 11.7. The van der Waals surface area contributed by atoms with Crippen LogP contribution in [-0.4, -0.2) is 9.97 Å². The van der Waals surface area contributed by atoms with E-state index < -0.39 is 11.7 Å². The lowest BCUT2D eigenvalue weighted by Crippen LogP contribution is -2.07. The van der Waals surface area contributed by atoms with Crippen LogP contribution < -0.4 is 0 Å². The van der Waals surface area contributed by atoms with Gasteiger partial charge in [0.1, 0.15) is 11.0 Å². The molecule has 0 saturated carbocycles. The summed E-state index contributed by atoms with van der Waals surface area (Å²) in [7, 11) is 0. The maximum absolute atomic E-state index is 12.7. The highest BCUT2D eigenvalue weighted by molar-refractivity contribution is 6.30. The third-order valence-corrected chi connectivity index (χ3v) is 3.55. The van der Waals surface area contributed by atoms with Crippen molar-refractivity contribution < 1.29 is 13.2 Å². The van der Waals surface area contributed by atoms with Gasteiger partial charge in [-0.1, -0.05) is 36.7 Å². The second-order valence-corrected chi connectivity index (χ2v) is 5.09. The fourth-order valence-corrected chi connectivity index (χ4v) is 2.25. The van der Waals surface area contributed by atoms with Gasteiger partial charge in [0.25, 0.3) is 0 Å². The molecule has 0 fully saturated rings. The molecule has 21 heavy (non-hydrogen) atoms. The molecular weight excluding hydrogens is 301 g/mol. The van der Waals surface area contributed by atoms with Crippen LogP contribution in [0.3, 0.4) is 0 Å². The number of hydrogen-bond donors (Lipinski definition) is 0. The van der Waals surface area contributed by atoms with E-state index in [4.69, 9.17) is 11.6 Å². The maximum Gasteiger partial charge on any atom is 0.416 e. The van der Waals surface area contributed by atoms with Gasteiger partial charge in [-0.2, -0.15) is 13.2 Å². The van der Waals surface area contributed by atoms with E-state index in [2.05, 4.69) is 9.97 Å². The molecule has 112 valence electrons. The molecule has 0 aliphatic heterocycles. The molecule has 0 spiro atoms. The summed E-state index contributed by atoms with van der Waals surface area (Å²) in [4.78, 5) is 8.50. The molecule has 0 aliphatic carbocycles. The summed E-state index contributed by atoms with van der Waals surface area (Å²) in [5, 5.41) is 0.351. The Bertz CT molecular complexity index is 654. The molecule has 1 aromatic carbocycles. The van der Waals surface area contributed by atoms with E-state index in [0.29, 0.717) is 23.0 Å². The maximum atomic E-state index is 12.7. The quantitative estimate of drug-likeness (QED) is 0.773. The largest absolute Gasteiger partial charge is 0.416 e. The van der Waals surface area contributed by atoms with Gasteiger partial charge in [0, 0.05) is 17.7 Å². The second-order valence-electron chi connectivity index (χ2n) is 4.73. The Kier molecular flexibility index (Phi) is 4.52. The molecule has 0 N–H and O–H groups in total. The van der Waals surface area contributed by atoms with E-state index in [1.807, 2.05) is 13.8 Å². The minimum atomic E-state index is -4.35. The van der Waals surface area contributed by atoms with Gasteiger partial charge < -0.3 is 0 Å². The third-order valence-electron chi connectivity index (χ3n) is 3.18. The molecule has 1 aromatic heterocycles. The van der Waals surface area contributed by atoms with Crippen molar-refractivity contribution in [2.24, 2.45) is 0 Å². The highest BCUT2D eigenvalue weighted by atomic mass is 35.5. The van der Waals surface area contributed by atoms with Crippen LogP contribution in [0.4, 0.5) is 13.2 Å². The van der Waals surface area contributed by atoms with Gasteiger partial charge in [-0.05, 0) is 25.0 Å². The summed E-state index contributed by atoms with van der Waals surface area (Å²) >= 11 is 6.04. The van der Waals surface area contributed by atoms with E-state index in [1.165, 1.54) is 6.07 Å². The number of alkyl halides is 3. The molecule has 0 atom stereocenters. The Morgan fingerprint density at radius 2 is 1.90 bits per heavy atom. The Balaban J connectivity index is 2.32. The van der Waals surface area contributed by atoms with Crippen molar-refractivity contribution in [1.29, 1.82) is 0 Å². The molecule has 0 radical (unpaired) electrons. The summed E-state index contributed by atoms with van der Waals surface area (Å²) in [5.74, 6) is 0.432. The van der Waals surface area contributed by atoms with Crippen LogP contribution in [0, 0.1) is 6.92 Å². The molecule has 1 heterocycles. The van der Waals surface area contributed by atoms with Gasteiger partial charge in [0.05, 0.1) is 5.56 Å². The van der Waals surface area contributed by atoms with Crippen LogP contribution >= 0.6 is 11.6 Å². The molecule has 6 heteroatoms. The first-order valence-electron chi connectivity index (χ1n) is 6.49. The van der Waals surface area contributed by atoms with Crippen LogP contribution in [0.2, 0.25) is 5.15 Å². The van der Waals surface area contributed by atoms with E-state index >= 15 is 0 Å². The van der Waals surface area contributed by atoms with Crippen molar-refractivity contribution in [2.75, 3.05) is 0 Å². The standard InChI is InChI=1S/C15H14ClF3N2/c1-3-12-9(2)14(16)21-13(20-12)8-10-5-4-6-11(7-10)15(17,18)19/h4-7H,3,8H2,1-2H3. The SMILES string of the molecule is CCc1nc(Cc2cccc(C(F)(F)F)c2)nc(Cl)c1C. The van der Waals surface area contributed by atoms with Crippen molar-refractivity contribution >= 4 is 11.6 Å². The van der Waals surface area contributed by atoms with Crippen LogP contribution in [0.15, 0.2) is 24.3 Å². The molecule has 2 nitrogen and oxygen atoms in total. The van der Waals surface area contributed by atoms with E-state index in [9.17, 15) is 13.2 Å². The zero-order valence-corrected chi connectivity index (χ0v) is 12.4. The number of benzene rings is 1. The summed E-state index contributed by atoms with van der Waals surface area (Å²) in [6.45, 7) is 3.77. The minimum absolute atomic E-state index is 0.219. The molecule has 0 unspecified atom stereocenters. The Labute approximate surface area is 126 Å². The fraction of sp³-hybridized carbons (Fsp3) is 0.333. The minimum Gasteiger partial charge on any atom is -0.237 e. The van der Waals surface area contributed by atoms with Crippen molar-refractivity contribution in [3.05, 3.63) is 57.6 Å². The summed E-state index contributed by atoms with van der Waals surface area (Å²) < 4.78 is 38.1. The molecule has 2 aromatic rings. The molecular formula is C15H14ClF3N2. The van der Waals surface area contributed by atoms with Crippen LogP contribution in [-0.2, 0) is 19.0 Å². The lowest BCUT2D eigenvalue weighted by Gasteiger charge is -2.10. The lowest BCUT2D eigenvalue weighted by molar-refractivity contribution is -0.137. The highest BCUT2D eigenvalue weighted by Gasteiger charge is 2.30. The number of aryl methyl sites for hydroxylation is 1. The van der Waals surface area contributed by atoms with E-state index in [-0.39, 0.29) is 6.42 Å². The average molecular weight is 315 g/mol. The molecule has 0 saturated heterocycles. The van der Waals surface area contributed by atoms with Gasteiger partial charge >= 0.3 is 6.18 Å². The van der Waals surface area contributed by atoms with Gasteiger partial charge in [0.15, 0.2) is 0 Å². The molecule has 2 rings (SSSR count). The van der Waals surface area contributed by atoms with Crippen LogP contribution in [0.25, 0.3) is 0 Å². The Morgan fingerprint density at radius 3 is 2.52 bits per heavy atom. The van der Waals surface area contributed by atoms with Gasteiger partial charge in [-0.3, -0.25) is 0 Å². The summed E-state index contributed by atoms with van der Waals surface area (Å²) in [5.41, 5.74) is 1.46. The molecule has 0 bridgehead atoms. The Morgan fingerprint density at radius 1 is 1.19 bits per heavy atom. The van der Waals surface area contributed by atoms with Crippen molar-refractivity contribution in [1.82, 2.24) is 9.97 Å². The smallest absolute Gasteiger partial charge is 0.237 e. The fourth-order valence-electron chi connectivity index (χ4n) is 2.04. The first-order chi connectivity index (χ1) is 9.81. The predicted octanol–water partition coefficient (Wildman–Crippen LogP) is 4.61. The topological polar surface area (TPSA) is 25.8 Å². The predicted molar refractivity (Wildman–Crippen MR) is 75.4 cm³/mol. The first kappa shape index (κ1) is 15.8. The number of nitrogens with zero attached hydrogens (tertiary/aromatic N) is 2. The van der Waals surface area contributed by atoms with Crippen molar-refractivity contribution in [3.8, 4) is 0 Å². The second kappa shape index (κ2) is 6.02. The van der Waals surface area contributed by atoms with E-state index in [0.717, 1.165) is 23.4 Å². The third kappa shape index (κ3) is 3.73. The summed E-state index contributed by atoms with van der Waals surface area (Å²) in [6.07, 6.45) is -3.43. The zero-order chi connectivity index (χ0) is 15.6. The average Bonchev–Trinajstić information content (AvgIpc) is 2.42. The van der Waals surface area contributed by atoms with Gasteiger partial charge in [-0.15, -0.1) is 0 Å². The Hall–Kier alpha value is -1.62. The number of hydrogen-bond acceptors (Lipinski definition) is 2. The summed E-state index contributed by atoms with van der Waals surface area (Å²) in [6, 6.07) is 5.17.